The minimum atomic E-state index is -0.375. The van der Waals surface area contributed by atoms with Crippen LogP contribution in [0.15, 0.2) is 101 Å². The number of rotatable bonds is 31. The molecule has 0 aliphatic carbocycles. The molecule has 4 rings (SSSR count). The first kappa shape index (κ1) is 58.7. The Bertz CT molecular complexity index is 1680. The Hall–Kier alpha value is -4.34. The molecule has 4 aromatic carbocycles. The van der Waals surface area contributed by atoms with Gasteiger partial charge in [-0.25, -0.2) is 0 Å². The van der Waals surface area contributed by atoms with Gasteiger partial charge in [-0.1, -0.05) is 105 Å². The molecule has 0 spiro atoms. The first-order valence-electron chi connectivity index (χ1n) is 24.0. The number of hydrogen-bond acceptors (Lipinski definition) is 9. The predicted molar refractivity (Wildman–Crippen MR) is 262 cm³/mol. The van der Waals surface area contributed by atoms with Crippen molar-refractivity contribution in [1.29, 1.82) is 0 Å². The van der Waals surface area contributed by atoms with E-state index in [4.69, 9.17) is 29.2 Å². The van der Waals surface area contributed by atoms with Crippen LogP contribution in [0.4, 0.5) is 22.7 Å². The minimum absolute atomic E-state index is 0. The Morgan fingerprint density at radius 2 is 0.908 bits per heavy atom. The van der Waals surface area contributed by atoms with Crippen LogP contribution in [0.5, 0.6) is 23.0 Å². The number of hydrogen-bond donors (Lipinski definition) is 3. The zero-order valence-corrected chi connectivity index (χ0v) is 41.8. The van der Waals surface area contributed by atoms with Gasteiger partial charge in [-0.3, -0.25) is 0 Å². The van der Waals surface area contributed by atoms with E-state index in [9.17, 15) is 4.91 Å². The Labute approximate surface area is 405 Å². The maximum Gasteiger partial charge on any atom is 0.292 e. The van der Waals surface area contributed by atoms with Gasteiger partial charge in [-0.05, 0) is 112 Å². The minimum Gasteiger partial charge on any atom is -0.551 e. The maximum absolute atomic E-state index is 12.3. The second kappa shape index (κ2) is 38.9. The fourth-order valence-corrected chi connectivity index (χ4v) is 6.13. The molecule has 0 radical (unpaired) electrons. The number of nitrogens with one attached hydrogen (secondary N) is 1. The molecular weight excluding hydrogens is 911 g/mol. The molecule has 4 aromatic rings. The third-order valence-electron chi connectivity index (χ3n) is 9.78. The molecule has 12 heteroatoms. The number of anilines is 1. The van der Waals surface area contributed by atoms with Gasteiger partial charge in [0.05, 0.1) is 49.2 Å². The number of unbranched alkanes of at least 4 members (excludes halogenated alkanes) is 12. The number of benzene rings is 4. The van der Waals surface area contributed by atoms with Gasteiger partial charge in [-0.2, -0.15) is 16.3 Å². The van der Waals surface area contributed by atoms with Crippen LogP contribution in [0.2, 0.25) is 0 Å². The zero-order chi connectivity index (χ0) is 46.5. The number of aliphatic hydroxyl groups excluding tert-OH is 2. The first-order valence-corrected chi connectivity index (χ1v) is 24.0. The quantitative estimate of drug-likeness (QED) is 0.0113. The fraction of sp³-hybridized carbons (Fsp3) is 0.547. The first-order chi connectivity index (χ1) is 31.2. The number of hydrazine groups is 1. The molecule has 0 fully saturated rings. The van der Waals surface area contributed by atoms with Crippen molar-refractivity contribution in [3.05, 3.63) is 102 Å². The summed E-state index contributed by atoms with van der Waals surface area (Å²) >= 11 is 0. The molecule has 0 aliphatic heterocycles. The van der Waals surface area contributed by atoms with Crippen LogP contribution >= 0.6 is 0 Å². The Morgan fingerprint density at radius 3 is 1.28 bits per heavy atom. The van der Waals surface area contributed by atoms with Crippen LogP contribution in [0.3, 0.4) is 0 Å². The molecule has 364 valence electrons. The molecule has 0 heterocycles. The number of nitrogens with zero attached hydrogens (tertiary/aromatic N) is 3. The van der Waals surface area contributed by atoms with Gasteiger partial charge in [0.25, 0.3) is 5.69 Å². The zero-order valence-electron chi connectivity index (χ0n) is 40.3. The Kier molecular flexibility index (Phi) is 35.1. The summed E-state index contributed by atoms with van der Waals surface area (Å²) in [7, 11) is 0. The molecule has 0 saturated heterocycles. The van der Waals surface area contributed by atoms with Crippen molar-refractivity contribution in [2.75, 3.05) is 31.9 Å². The molecule has 0 bridgehead atoms. The van der Waals surface area contributed by atoms with Crippen molar-refractivity contribution in [1.82, 2.24) is 0 Å². The number of nitroso groups, excluding NO2 is 1. The molecular formula is C53H80N4O7Pd. The monoisotopic (exact) mass is 991 g/mol. The average Bonchev–Trinajstić information content (AvgIpc) is 3.29. The van der Waals surface area contributed by atoms with Crippen molar-refractivity contribution >= 4 is 22.7 Å². The molecule has 0 aliphatic rings. The van der Waals surface area contributed by atoms with E-state index >= 15 is 0 Å². The number of ether oxygens (including phenoxy) is 4. The van der Waals surface area contributed by atoms with E-state index in [0.29, 0.717) is 24.4 Å². The molecule has 2 atom stereocenters. The van der Waals surface area contributed by atoms with Crippen LogP contribution in [0, 0.1) is 11.0 Å². The SMILES string of the molecule is CC(O)CC(C)O.CCCCCCOc1c[c-]c(N=Nc2ccc(OCCCCCC)cc2)cc1.CCCCCCOc1ccc(N[N+](=O)c2ccc(OCCCCCC)cc2)cc1.[Pd]. The van der Waals surface area contributed by atoms with Crippen LogP contribution in [-0.2, 0) is 20.4 Å². The molecule has 0 saturated carbocycles. The van der Waals surface area contributed by atoms with Gasteiger partial charge in [0.2, 0.25) is 0 Å². The van der Waals surface area contributed by atoms with Gasteiger partial charge in [0.15, 0.2) is 4.87 Å². The van der Waals surface area contributed by atoms with Crippen LogP contribution in [0.1, 0.15) is 151 Å². The second-order valence-electron chi connectivity index (χ2n) is 16.1. The molecule has 3 N–H and O–H groups in total. The summed E-state index contributed by atoms with van der Waals surface area (Å²) in [5.74, 6) is 3.32. The summed E-state index contributed by atoms with van der Waals surface area (Å²) in [6.45, 7) is 15.1. The average molecular weight is 992 g/mol. The van der Waals surface area contributed by atoms with E-state index in [1.54, 1.807) is 26.0 Å². The van der Waals surface area contributed by atoms with Crippen molar-refractivity contribution in [2.45, 2.75) is 163 Å². The third-order valence-corrected chi connectivity index (χ3v) is 9.78. The molecule has 11 nitrogen and oxygen atoms in total. The summed E-state index contributed by atoms with van der Waals surface area (Å²) in [6, 6.07) is 31.1. The maximum atomic E-state index is 12.3. The Balaban J connectivity index is 0.000000559. The molecule has 65 heavy (non-hydrogen) atoms. The standard InChI is InChI=1S/C24H35N2O3.C24H33N2O2.C5H12O2.Pd/c1-3-5-7-9-19-28-23-15-11-21(12-16-23)25-26(27)22-13-17-24(18-14-22)29-20-10-8-6-4-2;1-3-5-7-9-19-27-23-15-11-21(12-16-23)25-26-22-13-17-24(18-14-22)28-20-10-8-6-4-2;1-4(6)3-5(2)7;/h11-18H,3-10,19-20H2,1-2H3,(H,25,27);11-13,15-18H,3-10,19-20H2,1-2H3;4-7H,3H2,1-2H3;/q+1;-1;;. The summed E-state index contributed by atoms with van der Waals surface area (Å²) < 4.78 is 22.9. The van der Waals surface area contributed by atoms with E-state index < -0.39 is 0 Å². The van der Waals surface area contributed by atoms with Gasteiger partial charge in [0.1, 0.15) is 22.9 Å². The van der Waals surface area contributed by atoms with Gasteiger partial charge < -0.3 is 29.2 Å². The number of aliphatic hydroxyl groups is 2. The second-order valence-corrected chi connectivity index (χ2v) is 16.1. The van der Waals surface area contributed by atoms with Crippen LogP contribution < -0.4 is 24.4 Å². The largest absolute Gasteiger partial charge is 0.551 e. The molecule has 0 amide bonds. The van der Waals surface area contributed by atoms with Crippen LogP contribution in [0.25, 0.3) is 0 Å². The topological polar surface area (TPSA) is 134 Å². The third kappa shape index (κ3) is 30.5. The molecule has 2 unspecified atom stereocenters. The van der Waals surface area contributed by atoms with Gasteiger partial charge in [0, 0.05) is 38.3 Å². The Morgan fingerprint density at radius 1 is 0.523 bits per heavy atom. The van der Waals surface area contributed by atoms with E-state index in [2.05, 4.69) is 49.4 Å². The number of azo groups is 1. The smallest absolute Gasteiger partial charge is 0.292 e. The van der Waals surface area contributed by atoms with Crippen LogP contribution in [-0.4, -0.2) is 53.7 Å². The van der Waals surface area contributed by atoms with Crippen molar-refractivity contribution < 1.29 is 54.5 Å². The van der Waals surface area contributed by atoms with E-state index in [-0.39, 0.29) is 32.6 Å². The van der Waals surface area contributed by atoms with Crippen molar-refractivity contribution in [2.24, 2.45) is 10.2 Å². The van der Waals surface area contributed by atoms with E-state index in [1.807, 2.05) is 78.9 Å². The van der Waals surface area contributed by atoms with E-state index in [1.165, 1.54) is 77.0 Å². The van der Waals surface area contributed by atoms with Gasteiger partial charge >= 0.3 is 0 Å². The summed E-state index contributed by atoms with van der Waals surface area (Å²) in [5.41, 5.74) is 5.57. The molecule has 0 aromatic heterocycles. The fourth-order valence-electron chi connectivity index (χ4n) is 6.13. The summed E-state index contributed by atoms with van der Waals surface area (Å²) in [4.78, 5) is 13.1. The predicted octanol–water partition coefficient (Wildman–Crippen LogP) is 15.0. The van der Waals surface area contributed by atoms with Gasteiger partial charge in [-0.15, -0.1) is 23.6 Å². The summed E-state index contributed by atoms with van der Waals surface area (Å²) in [5, 5.41) is 25.6. The van der Waals surface area contributed by atoms with Crippen molar-refractivity contribution in [3.63, 3.8) is 0 Å². The van der Waals surface area contributed by atoms with Crippen molar-refractivity contribution in [3.8, 4) is 23.0 Å². The normalized spacial score (nSPS) is 11.5. The van der Waals surface area contributed by atoms with E-state index in [0.717, 1.165) is 84.7 Å². The summed E-state index contributed by atoms with van der Waals surface area (Å²) in [6.07, 6.45) is 18.8.